The lowest BCUT2D eigenvalue weighted by Crippen LogP contribution is -2.16. The Balaban J connectivity index is 2.19. The number of aliphatic hydroxyl groups excluding tert-OH is 1. The van der Waals surface area contributed by atoms with Gasteiger partial charge in [0.05, 0.1) is 6.61 Å². The molecule has 1 aromatic rings. The number of rotatable bonds is 1. The van der Waals surface area contributed by atoms with Gasteiger partial charge in [-0.2, -0.15) is 0 Å². The van der Waals surface area contributed by atoms with E-state index in [-0.39, 0.29) is 6.61 Å². The normalized spacial score (nSPS) is 29.3. The zero-order valence-corrected chi connectivity index (χ0v) is 7.46. The third-order valence-corrected chi connectivity index (χ3v) is 3.33. The second kappa shape index (κ2) is 2.48. The van der Waals surface area contributed by atoms with Gasteiger partial charge in [-0.05, 0) is 24.0 Å². The summed E-state index contributed by atoms with van der Waals surface area (Å²) in [5, 5.41) is 9.16. The quantitative estimate of drug-likeness (QED) is 0.629. The van der Waals surface area contributed by atoms with Gasteiger partial charge in [0, 0.05) is 23.7 Å². The molecule has 0 amide bonds. The minimum absolute atomic E-state index is 0.145. The monoisotopic (exact) mass is 175 g/mol. The van der Waals surface area contributed by atoms with Crippen LogP contribution in [0.1, 0.15) is 41.5 Å². The van der Waals surface area contributed by atoms with Crippen LogP contribution in [0.15, 0.2) is 18.3 Å². The van der Waals surface area contributed by atoms with Crippen molar-refractivity contribution in [3.63, 3.8) is 0 Å². The molecule has 0 radical (unpaired) electrons. The van der Waals surface area contributed by atoms with Crippen molar-refractivity contribution in [1.82, 2.24) is 4.98 Å². The SMILES string of the molecule is OCc1[nH]cc2c1C1C=CC2CC1. The summed E-state index contributed by atoms with van der Waals surface area (Å²) in [6.07, 6.45) is 9.20. The molecule has 4 rings (SSSR count). The van der Waals surface area contributed by atoms with Crippen LogP contribution in [-0.4, -0.2) is 10.1 Å². The molecule has 2 bridgehead atoms. The van der Waals surface area contributed by atoms with Gasteiger partial charge in [-0.3, -0.25) is 0 Å². The number of allylic oxidation sites excluding steroid dienone is 2. The van der Waals surface area contributed by atoms with Gasteiger partial charge in [0.1, 0.15) is 0 Å². The smallest absolute Gasteiger partial charge is 0.0833 e. The summed E-state index contributed by atoms with van der Waals surface area (Å²) < 4.78 is 0. The molecule has 0 saturated heterocycles. The van der Waals surface area contributed by atoms with Crippen molar-refractivity contribution < 1.29 is 5.11 Å². The molecular formula is C11H13NO. The predicted molar refractivity (Wildman–Crippen MR) is 50.6 cm³/mol. The minimum atomic E-state index is 0.145. The Morgan fingerprint density at radius 2 is 2.08 bits per heavy atom. The van der Waals surface area contributed by atoms with Gasteiger partial charge in [-0.1, -0.05) is 12.2 Å². The van der Waals surface area contributed by atoms with Gasteiger partial charge < -0.3 is 10.1 Å². The Bertz CT molecular complexity index is 364. The van der Waals surface area contributed by atoms with Crippen molar-refractivity contribution in [2.75, 3.05) is 0 Å². The van der Waals surface area contributed by atoms with E-state index in [1.54, 1.807) is 0 Å². The number of hydrogen-bond acceptors (Lipinski definition) is 1. The molecule has 0 saturated carbocycles. The lowest BCUT2D eigenvalue weighted by atomic mass is 9.73. The van der Waals surface area contributed by atoms with Crippen LogP contribution in [0.4, 0.5) is 0 Å². The highest BCUT2D eigenvalue weighted by atomic mass is 16.3. The maximum Gasteiger partial charge on any atom is 0.0833 e. The summed E-state index contributed by atoms with van der Waals surface area (Å²) in [6.45, 7) is 0.145. The number of hydrogen-bond donors (Lipinski definition) is 2. The molecule has 0 fully saturated rings. The van der Waals surface area contributed by atoms with E-state index in [1.165, 1.54) is 24.0 Å². The predicted octanol–water partition coefficient (Wildman–Crippen LogP) is 2.04. The molecule has 2 unspecified atom stereocenters. The van der Waals surface area contributed by atoms with Crippen LogP contribution >= 0.6 is 0 Å². The maximum atomic E-state index is 9.16. The van der Waals surface area contributed by atoms with Crippen molar-refractivity contribution in [1.29, 1.82) is 0 Å². The van der Waals surface area contributed by atoms with Crippen molar-refractivity contribution in [2.45, 2.75) is 31.3 Å². The number of fused-ring (bicyclic) bond motifs is 1. The molecule has 3 aliphatic rings. The van der Waals surface area contributed by atoms with Crippen molar-refractivity contribution in [3.05, 3.63) is 35.2 Å². The van der Waals surface area contributed by atoms with E-state index in [4.69, 9.17) is 5.11 Å². The molecule has 0 aromatic carbocycles. The van der Waals surface area contributed by atoms with Gasteiger partial charge in [0.2, 0.25) is 0 Å². The molecule has 1 aromatic heterocycles. The molecule has 0 aliphatic heterocycles. The Kier molecular flexibility index (Phi) is 1.41. The van der Waals surface area contributed by atoms with Gasteiger partial charge in [0.25, 0.3) is 0 Å². The highest BCUT2D eigenvalue weighted by Crippen LogP contribution is 2.46. The van der Waals surface area contributed by atoms with Crippen LogP contribution in [-0.2, 0) is 6.61 Å². The summed E-state index contributed by atoms with van der Waals surface area (Å²) in [5.41, 5.74) is 3.82. The van der Waals surface area contributed by atoms with E-state index in [0.29, 0.717) is 11.8 Å². The number of aromatic nitrogens is 1. The fraction of sp³-hybridized carbons (Fsp3) is 0.455. The van der Waals surface area contributed by atoms with E-state index in [1.807, 2.05) is 0 Å². The molecule has 13 heavy (non-hydrogen) atoms. The highest BCUT2D eigenvalue weighted by molar-refractivity contribution is 5.46. The first-order valence-electron chi connectivity index (χ1n) is 4.89. The first-order valence-corrected chi connectivity index (χ1v) is 4.89. The van der Waals surface area contributed by atoms with Gasteiger partial charge in [-0.15, -0.1) is 0 Å². The summed E-state index contributed by atoms with van der Waals surface area (Å²) >= 11 is 0. The summed E-state index contributed by atoms with van der Waals surface area (Å²) in [7, 11) is 0. The Morgan fingerprint density at radius 3 is 2.77 bits per heavy atom. The number of aromatic amines is 1. The third kappa shape index (κ3) is 0.866. The summed E-state index contributed by atoms with van der Waals surface area (Å²) in [4.78, 5) is 3.18. The molecule has 2 heteroatoms. The molecule has 2 atom stereocenters. The van der Waals surface area contributed by atoms with E-state index in [9.17, 15) is 0 Å². The fourth-order valence-electron chi connectivity index (χ4n) is 2.69. The van der Waals surface area contributed by atoms with Crippen LogP contribution in [0, 0.1) is 0 Å². The number of H-pyrrole nitrogens is 1. The van der Waals surface area contributed by atoms with Crippen molar-refractivity contribution in [3.8, 4) is 0 Å². The highest BCUT2D eigenvalue weighted by Gasteiger charge is 2.31. The van der Waals surface area contributed by atoms with Crippen LogP contribution < -0.4 is 0 Å². The molecule has 1 heterocycles. The topological polar surface area (TPSA) is 36.0 Å². The lowest BCUT2D eigenvalue weighted by Gasteiger charge is -2.31. The van der Waals surface area contributed by atoms with E-state index < -0.39 is 0 Å². The van der Waals surface area contributed by atoms with Crippen LogP contribution in [0.25, 0.3) is 0 Å². The molecule has 3 aliphatic carbocycles. The minimum Gasteiger partial charge on any atom is -0.390 e. The lowest BCUT2D eigenvalue weighted by molar-refractivity contribution is 0.275. The fourth-order valence-corrected chi connectivity index (χ4v) is 2.69. The van der Waals surface area contributed by atoms with Gasteiger partial charge >= 0.3 is 0 Å². The van der Waals surface area contributed by atoms with Gasteiger partial charge in [0.15, 0.2) is 0 Å². The second-order valence-electron chi connectivity index (χ2n) is 3.97. The Hall–Kier alpha value is -1.02. The second-order valence-corrected chi connectivity index (χ2v) is 3.97. The maximum absolute atomic E-state index is 9.16. The first-order chi connectivity index (χ1) is 6.40. The molecule has 2 N–H and O–H groups in total. The number of aliphatic hydroxyl groups is 1. The van der Waals surface area contributed by atoms with E-state index in [2.05, 4.69) is 23.3 Å². The average Bonchev–Trinajstić information content (AvgIpc) is 2.64. The zero-order chi connectivity index (χ0) is 8.84. The summed E-state index contributed by atoms with van der Waals surface area (Å²) in [5.74, 6) is 1.17. The molecule has 68 valence electrons. The molecular weight excluding hydrogens is 162 g/mol. The molecule has 2 nitrogen and oxygen atoms in total. The average molecular weight is 175 g/mol. The standard InChI is InChI=1S/C11H13NO/c13-6-10-11-8-3-1-7(2-4-8)9(11)5-12-10/h1,3,5,7-8,12-13H,2,4,6H2. The largest absolute Gasteiger partial charge is 0.390 e. The van der Waals surface area contributed by atoms with Crippen molar-refractivity contribution in [2.24, 2.45) is 0 Å². The number of nitrogens with one attached hydrogen (secondary N) is 1. The zero-order valence-electron chi connectivity index (χ0n) is 7.46. The Morgan fingerprint density at radius 1 is 1.31 bits per heavy atom. The van der Waals surface area contributed by atoms with Crippen LogP contribution in [0.5, 0.6) is 0 Å². The van der Waals surface area contributed by atoms with Crippen molar-refractivity contribution >= 4 is 0 Å². The Labute approximate surface area is 77.3 Å². The van der Waals surface area contributed by atoms with E-state index >= 15 is 0 Å². The first kappa shape index (κ1) is 7.39. The third-order valence-electron chi connectivity index (χ3n) is 3.33. The van der Waals surface area contributed by atoms with Crippen LogP contribution in [0.2, 0.25) is 0 Å². The molecule has 0 spiro atoms. The summed E-state index contributed by atoms with van der Waals surface area (Å²) in [6, 6.07) is 0. The van der Waals surface area contributed by atoms with Crippen LogP contribution in [0.3, 0.4) is 0 Å². The van der Waals surface area contributed by atoms with Gasteiger partial charge in [-0.25, -0.2) is 0 Å². The van der Waals surface area contributed by atoms with E-state index in [0.717, 1.165) is 5.69 Å².